The summed E-state index contributed by atoms with van der Waals surface area (Å²) in [5, 5.41) is 26.1. The maximum absolute atomic E-state index is 9.33. The molecule has 2 N–H and O–H groups in total. The third-order valence-electron chi connectivity index (χ3n) is 4.05. The van der Waals surface area contributed by atoms with Crippen molar-refractivity contribution in [2.45, 2.75) is 26.2 Å². The molecule has 0 amide bonds. The van der Waals surface area contributed by atoms with Crippen LogP contribution in [0.5, 0.6) is 0 Å². The average molecular weight is 344 g/mol. The second kappa shape index (κ2) is 7.19. The Hall–Kier alpha value is -3.46. The first kappa shape index (κ1) is 17.4. The van der Waals surface area contributed by atoms with Crippen molar-refractivity contribution in [3.05, 3.63) is 66.1 Å². The van der Waals surface area contributed by atoms with E-state index in [4.69, 9.17) is 0 Å². The van der Waals surface area contributed by atoms with Gasteiger partial charge in [0.2, 0.25) is 5.82 Å². The zero-order valence-electron chi connectivity index (χ0n) is 15.0. The highest BCUT2D eigenvalue weighted by Crippen LogP contribution is 2.33. The third-order valence-corrected chi connectivity index (χ3v) is 4.05. The molecule has 0 saturated carbocycles. The van der Waals surface area contributed by atoms with Crippen molar-refractivity contribution in [2.75, 3.05) is 5.32 Å². The number of anilines is 1. The van der Waals surface area contributed by atoms with Crippen LogP contribution in [-0.4, -0.2) is 20.6 Å². The smallest absolute Gasteiger partial charge is 0.216 e. The fourth-order valence-electron chi connectivity index (χ4n) is 2.57. The summed E-state index contributed by atoms with van der Waals surface area (Å²) in [5.74, 6) is 0.257. The molecule has 0 spiro atoms. The van der Waals surface area contributed by atoms with Crippen LogP contribution in [-0.2, 0) is 5.41 Å². The van der Waals surface area contributed by atoms with Gasteiger partial charge in [0, 0.05) is 17.5 Å². The Bertz CT molecular complexity index is 944. The molecule has 0 atom stereocenters. The van der Waals surface area contributed by atoms with E-state index >= 15 is 0 Å². The molecule has 0 radical (unpaired) electrons. The standard InChI is InChI=1S/C20H20N6/c1-20(2,3)16-9-10-18(17(11-16)14-7-5-4-6-8-14)22-13-15(12-21)19-23-25-26-24-19/h4-11,13,22H,1-3H3,(H,23,24,25,26). The zero-order chi connectivity index (χ0) is 18.6. The number of hydrogen-bond donors (Lipinski definition) is 2. The van der Waals surface area contributed by atoms with E-state index in [1.807, 2.05) is 24.3 Å². The SMILES string of the molecule is CC(C)(C)c1ccc(NC=C(C#N)c2nn[nH]n2)c(-c2ccccc2)c1. The molecule has 0 bridgehead atoms. The van der Waals surface area contributed by atoms with Crippen molar-refractivity contribution in [1.82, 2.24) is 20.6 Å². The molecule has 6 heteroatoms. The molecule has 0 fully saturated rings. The fourth-order valence-corrected chi connectivity index (χ4v) is 2.57. The van der Waals surface area contributed by atoms with E-state index < -0.39 is 0 Å². The molecule has 1 heterocycles. The van der Waals surface area contributed by atoms with Gasteiger partial charge in [0.25, 0.3) is 0 Å². The minimum absolute atomic E-state index is 0.0420. The number of allylic oxidation sites excluding steroid dienone is 1. The van der Waals surface area contributed by atoms with Crippen LogP contribution in [0.15, 0.2) is 54.7 Å². The van der Waals surface area contributed by atoms with Crippen molar-refractivity contribution >= 4 is 11.3 Å². The Kier molecular flexibility index (Phi) is 4.81. The highest BCUT2D eigenvalue weighted by Gasteiger charge is 2.16. The Morgan fingerprint density at radius 1 is 1.15 bits per heavy atom. The molecule has 6 nitrogen and oxygen atoms in total. The number of H-pyrrole nitrogens is 1. The van der Waals surface area contributed by atoms with Crippen molar-refractivity contribution in [3.8, 4) is 17.2 Å². The van der Waals surface area contributed by atoms with Crippen molar-refractivity contribution < 1.29 is 0 Å². The minimum Gasteiger partial charge on any atom is -0.360 e. The average Bonchev–Trinajstić information content (AvgIpc) is 3.17. The minimum atomic E-state index is 0.0420. The number of hydrogen-bond acceptors (Lipinski definition) is 5. The van der Waals surface area contributed by atoms with Crippen LogP contribution in [0.25, 0.3) is 16.7 Å². The number of nitriles is 1. The Balaban J connectivity index is 2.03. The molecule has 0 unspecified atom stereocenters. The van der Waals surface area contributed by atoms with Gasteiger partial charge >= 0.3 is 0 Å². The lowest BCUT2D eigenvalue weighted by Gasteiger charge is -2.21. The molecule has 0 aliphatic rings. The van der Waals surface area contributed by atoms with E-state index in [1.54, 1.807) is 6.20 Å². The van der Waals surface area contributed by atoms with Gasteiger partial charge in [-0.15, -0.1) is 10.2 Å². The van der Waals surface area contributed by atoms with Crippen molar-refractivity contribution in [1.29, 1.82) is 5.26 Å². The number of tetrazole rings is 1. The summed E-state index contributed by atoms with van der Waals surface area (Å²) in [6.07, 6.45) is 1.60. The van der Waals surface area contributed by atoms with Gasteiger partial charge in [-0.05, 0) is 33.9 Å². The molecule has 130 valence electrons. The number of aromatic amines is 1. The maximum atomic E-state index is 9.33. The van der Waals surface area contributed by atoms with Crippen LogP contribution in [0.4, 0.5) is 5.69 Å². The zero-order valence-corrected chi connectivity index (χ0v) is 15.0. The van der Waals surface area contributed by atoms with Crippen LogP contribution in [0.3, 0.4) is 0 Å². The van der Waals surface area contributed by atoms with E-state index in [2.05, 4.69) is 77.0 Å². The van der Waals surface area contributed by atoms with Gasteiger partial charge in [-0.1, -0.05) is 57.2 Å². The van der Waals surface area contributed by atoms with Gasteiger partial charge < -0.3 is 5.32 Å². The number of nitrogens with one attached hydrogen (secondary N) is 2. The second-order valence-corrected chi connectivity index (χ2v) is 6.93. The first-order valence-corrected chi connectivity index (χ1v) is 8.29. The van der Waals surface area contributed by atoms with E-state index in [0.29, 0.717) is 5.57 Å². The topological polar surface area (TPSA) is 90.3 Å². The van der Waals surface area contributed by atoms with Crippen LogP contribution < -0.4 is 5.32 Å². The Morgan fingerprint density at radius 2 is 1.92 bits per heavy atom. The van der Waals surface area contributed by atoms with Gasteiger partial charge in [-0.3, -0.25) is 0 Å². The lowest BCUT2D eigenvalue weighted by atomic mass is 9.85. The number of nitrogens with zero attached hydrogens (tertiary/aromatic N) is 4. The molecule has 26 heavy (non-hydrogen) atoms. The first-order chi connectivity index (χ1) is 12.5. The molecule has 2 aromatic carbocycles. The van der Waals surface area contributed by atoms with Crippen molar-refractivity contribution in [2.24, 2.45) is 0 Å². The van der Waals surface area contributed by atoms with Crippen LogP contribution in [0.1, 0.15) is 32.2 Å². The van der Waals surface area contributed by atoms with E-state index in [1.165, 1.54) is 5.56 Å². The lowest BCUT2D eigenvalue weighted by Crippen LogP contribution is -2.11. The Morgan fingerprint density at radius 3 is 2.54 bits per heavy atom. The Labute approximate surface area is 152 Å². The first-order valence-electron chi connectivity index (χ1n) is 8.29. The van der Waals surface area contributed by atoms with Crippen LogP contribution in [0.2, 0.25) is 0 Å². The van der Waals surface area contributed by atoms with Gasteiger partial charge in [0.15, 0.2) is 0 Å². The molecular formula is C20H20N6. The van der Waals surface area contributed by atoms with Crippen LogP contribution >= 0.6 is 0 Å². The van der Waals surface area contributed by atoms with Gasteiger partial charge in [0.05, 0.1) is 0 Å². The van der Waals surface area contributed by atoms with E-state index in [9.17, 15) is 5.26 Å². The van der Waals surface area contributed by atoms with E-state index in [-0.39, 0.29) is 11.2 Å². The van der Waals surface area contributed by atoms with Gasteiger partial charge in [0.1, 0.15) is 11.6 Å². The van der Waals surface area contributed by atoms with E-state index in [0.717, 1.165) is 16.8 Å². The number of rotatable bonds is 4. The van der Waals surface area contributed by atoms with Gasteiger partial charge in [-0.2, -0.15) is 10.5 Å². The highest BCUT2D eigenvalue weighted by atomic mass is 15.5. The van der Waals surface area contributed by atoms with Crippen LogP contribution in [0, 0.1) is 11.3 Å². The molecular weight excluding hydrogens is 324 g/mol. The second-order valence-electron chi connectivity index (χ2n) is 6.93. The van der Waals surface area contributed by atoms with Crippen molar-refractivity contribution in [3.63, 3.8) is 0 Å². The fraction of sp³-hybridized carbons (Fsp3) is 0.200. The summed E-state index contributed by atoms with van der Waals surface area (Å²) in [5.41, 5.74) is 4.66. The van der Waals surface area contributed by atoms with Gasteiger partial charge in [-0.25, -0.2) is 0 Å². The lowest BCUT2D eigenvalue weighted by molar-refractivity contribution is 0.590. The number of aromatic nitrogens is 4. The quantitative estimate of drug-likeness (QED) is 0.694. The molecule has 3 rings (SSSR count). The normalized spacial score (nSPS) is 11.8. The monoisotopic (exact) mass is 344 g/mol. The third kappa shape index (κ3) is 3.78. The predicted octanol–water partition coefficient (Wildman–Crippen LogP) is 4.14. The summed E-state index contributed by atoms with van der Waals surface area (Å²) >= 11 is 0. The molecule has 3 aromatic rings. The highest BCUT2D eigenvalue weighted by molar-refractivity contribution is 5.81. The summed E-state index contributed by atoms with van der Waals surface area (Å²) < 4.78 is 0. The molecule has 1 aromatic heterocycles. The summed E-state index contributed by atoms with van der Waals surface area (Å²) in [4.78, 5) is 0. The maximum Gasteiger partial charge on any atom is 0.216 e. The molecule has 0 saturated heterocycles. The summed E-state index contributed by atoms with van der Waals surface area (Å²) in [6.45, 7) is 6.57. The summed E-state index contributed by atoms with van der Waals surface area (Å²) in [6, 6.07) is 18.6. The number of benzene rings is 2. The summed E-state index contributed by atoms with van der Waals surface area (Å²) in [7, 11) is 0. The predicted molar refractivity (Wildman–Crippen MR) is 102 cm³/mol. The molecule has 0 aliphatic carbocycles. The molecule has 0 aliphatic heterocycles. The largest absolute Gasteiger partial charge is 0.360 e.